The van der Waals surface area contributed by atoms with Gasteiger partial charge in [-0.15, -0.1) is 5.26 Å². The van der Waals surface area contributed by atoms with E-state index in [-0.39, 0.29) is 5.91 Å². The Bertz CT molecular complexity index is 116. The van der Waals surface area contributed by atoms with Crippen LogP contribution in [-0.2, 0) is 9.63 Å². The van der Waals surface area contributed by atoms with Gasteiger partial charge in [0.25, 0.3) is 5.91 Å². The number of hydrogen-bond donors (Lipinski definition) is 1. The molecule has 0 aliphatic heterocycles. The number of nitriles is 1. The Morgan fingerprint density at radius 3 is 3.00 bits per heavy atom. The van der Waals surface area contributed by atoms with Gasteiger partial charge in [-0.25, -0.2) is 0 Å². The van der Waals surface area contributed by atoms with Crippen molar-refractivity contribution in [3.63, 3.8) is 0 Å². The van der Waals surface area contributed by atoms with Crippen LogP contribution in [0.5, 0.6) is 0 Å². The van der Waals surface area contributed by atoms with Gasteiger partial charge in [0, 0.05) is 6.42 Å². The van der Waals surface area contributed by atoms with Crippen LogP contribution in [0.4, 0.5) is 0 Å². The third-order valence-electron chi connectivity index (χ3n) is 0.532. The van der Waals surface area contributed by atoms with Crippen LogP contribution in [0, 0.1) is 11.5 Å². The summed E-state index contributed by atoms with van der Waals surface area (Å²) < 4.78 is 0. The van der Waals surface area contributed by atoms with Crippen molar-refractivity contribution < 1.29 is 9.63 Å². The average Bonchev–Trinajstić information content (AvgIpc) is 1.83. The van der Waals surface area contributed by atoms with Gasteiger partial charge in [0.15, 0.2) is 0 Å². The molecule has 0 heterocycles. The fourth-order valence-corrected chi connectivity index (χ4v) is 0.152. The number of nitrogens with one attached hydrogen (secondary N) is 1. The molecule has 0 saturated carbocycles. The maximum atomic E-state index is 10.2. The van der Waals surface area contributed by atoms with Crippen LogP contribution in [0.3, 0.4) is 0 Å². The highest BCUT2D eigenvalue weighted by Gasteiger charge is 1.91. The minimum absolute atomic E-state index is 0.299. The fraction of sp³-hybridized carbons (Fsp3) is 0.500. The SMILES string of the molecule is CCC(=O)NOC#N. The molecule has 0 bridgehead atoms. The van der Waals surface area contributed by atoms with Gasteiger partial charge in [0.2, 0.25) is 0 Å². The van der Waals surface area contributed by atoms with Crippen LogP contribution in [0.1, 0.15) is 13.3 Å². The van der Waals surface area contributed by atoms with Crippen LogP contribution in [-0.4, -0.2) is 5.91 Å². The first-order valence-electron chi connectivity index (χ1n) is 2.15. The van der Waals surface area contributed by atoms with Gasteiger partial charge >= 0.3 is 6.26 Å². The van der Waals surface area contributed by atoms with Crippen molar-refractivity contribution >= 4 is 5.91 Å². The zero-order valence-electron chi connectivity index (χ0n) is 4.47. The Kier molecular flexibility index (Phi) is 3.32. The molecule has 44 valence electrons. The van der Waals surface area contributed by atoms with Crippen LogP contribution in [0.2, 0.25) is 0 Å². The zero-order valence-corrected chi connectivity index (χ0v) is 4.47. The highest BCUT2D eigenvalue weighted by Crippen LogP contribution is 1.72. The summed E-state index contributed by atoms with van der Waals surface area (Å²) in [6.07, 6.45) is 1.62. The van der Waals surface area contributed by atoms with E-state index in [0.717, 1.165) is 0 Å². The van der Waals surface area contributed by atoms with Crippen molar-refractivity contribution in [2.24, 2.45) is 0 Å². The molecule has 0 atom stereocenters. The lowest BCUT2D eigenvalue weighted by atomic mass is 10.5. The summed E-state index contributed by atoms with van der Waals surface area (Å²) in [4.78, 5) is 14.1. The van der Waals surface area contributed by atoms with Crippen molar-refractivity contribution in [1.29, 1.82) is 5.26 Å². The molecule has 0 aromatic heterocycles. The molecular formula is C4H6N2O2. The predicted molar refractivity (Wildman–Crippen MR) is 25.1 cm³/mol. The quantitative estimate of drug-likeness (QED) is 0.403. The van der Waals surface area contributed by atoms with Gasteiger partial charge in [-0.1, -0.05) is 6.92 Å². The summed E-state index contributed by atoms with van der Waals surface area (Å²) in [5.74, 6) is -0.299. The van der Waals surface area contributed by atoms with Crippen LogP contribution < -0.4 is 5.48 Å². The number of carbonyl (C=O) groups excluding carboxylic acids is 1. The number of hydroxylamine groups is 1. The molecule has 0 radical (unpaired) electrons. The predicted octanol–water partition coefficient (Wildman–Crippen LogP) is -0.0747. The summed E-state index contributed by atoms with van der Waals surface area (Å²) in [5.41, 5.74) is 1.88. The fourth-order valence-electron chi connectivity index (χ4n) is 0.152. The molecule has 0 saturated heterocycles. The van der Waals surface area contributed by atoms with E-state index in [1.54, 1.807) is 6.92 Å². The van der Waals surface area contributed by atoms with E-state index in [1.165, 1.54) is 6.26 Å². The third kappa shape index (κ3) is 2.97. The van der Waals surface area contributed by atoms with Crippen LogP contribution in [0.25, 0.3) is 0 Å². The number of rotatable bonds is 2. The lowest BCUT2D eigenvalue weighted by molar-refractivity contribution is -0.128. The Morgan fingerprint density at radius 1 is 2.00 bits per heavy atom. The average molecular weight is 114 g/mol. The zero-order chi connectivity index (χ0) is 6.41. The molecule has 4 nitrogen and oxygen atoms in total. The van der Waals surface area contributed by atoms with E-state index in [1.807, 2.05) is 5.48 Å². The lowest BCUT2D eigenvalue weighted by Gasteiger charge is -1.92. The van der Waals surface area contributed by atoms with Crippen molar-refractivity contribution in [3.8, 4) is 6.26 Å². The highest BCUT2D eigenvalue weighted by molar-refractivity contribution is 5.74. The number of carbonyl (C=O) groups is 1. The van der Waals surface area contributed by atoms with E-state index < -0.39 is 0 Å². The van der Waals surface area contributed by atoms with Gasteiger partial charge in [0.1, 0.15) is 0 Å². The van der Waals surface area contributed by atoms with E-state index >= 15 is 0 Å². The monoisotopic (exact) mass is 114 g/mol. The normalized spacial score (nSPS) is 7.00. The van der Waals surface area contributed by atoms with Gasteiger partial charge in [-0.3, -0.25) is 9.63 Å². The summed E-state index contributed by atoms with van der Waals surface area (Å²) in [6.45, 7) is 1.66. The van der Waals surface area contributed by atoms with E-state index in [4.69, 9.17) is 5.26 Å². The molecule has 1 amide bonds. The molecule has 0 unspecified atom stereocenters. The van der Waals surface area contributed by atoms with Gasteiger partial charge in [0.05, 0.1) is 0 Å². The molecule has 0 aromatic rings. The Morgan fingerprint density at radius 2 is 2.62 bits per heavy atom. The van der Waals surface area contributed by atoms with Crippen molar-refractivity contribution in [2.75, 3.05) is 0 Å². The minimum atomic E-state index is -0.299. The van der Waals surface area contributed by atoms with Gasteiger partial charge < -0.3 is 0 Å². The van der Waals surface area contributed by atoms with Crippen molar-refractivity contribution in [3.05, 3.63) is 0 Å². The van der Waals surface area contributed by atoms with E-state index in [2.05, 4.69) is 4.84 Å². The Balaban J connectivity index is 3.15. The summed E-state index contributed by atoms with van der Waals surface area (Å²) in [6, 6.07) is 0. The Labute approximate surface area is 47.0 Å². The molecule has 0 spiro atoms. The number of hydrogen-bond acceptors (Lipinski definition) is 3. The molecule has 4 heteroatoms. The van der Waals surface area contributed by atoms with E-state index in [9.17, 15) is 4.79 Å². The summed E-state index contributed by atoms with van der Waals surface area (Å²) in [7, 11) is 0. The Hall–Kier alpha value is -1.24. The molecule has 0 fully saturated rings. The maximum absolute atomic E-state index is 10.2. The second kappa shape index (κ2) is 3.93. The molecule has 0 aromatic carbocycles. The topological polar surface area (TPSA) is 62.1 Å². The van der Waals surface area contributed by atoms with Gasteiger partial charge in [-0.05, 0) is 0 Å². The summed E-state index contributed by atoms with van der Waals surface area (Å²) >= 11 is 0. The number of amides is 1. The molecule has 1 N–H and O–H groups in total. The van der Waals surface area contributed by atoms with Gasteiger partial charge in [-0.2, -0.15) is 5.48 Å². The first-order chi connectivity index (χ1) is 3.81. The largest absolute Gasteiger partial charge is 0.314 e. The highest BCUT2D eigenvalue weighted by atomic mass is 16.6. The van der Waals surface area contributed by atoms with Crippen molar-refractivity contribution in [1.82, 2.24) is 5.48 Å². The lowest BCUT2D eigenvalue weighted by Crippen LogP contribution is -2.19. The second-order valence-corrected chi connectivity index (χ2v) is 1.07. The van der Waals surface area contributed by atoms with Crippen LogP contribution in [0.15, 0.2) is 0 Å². The second-order valence-electron chi connectivity index (χ2n) is 1.07. The van der Waals surface area contributed by atoms with Crippen LogP contribution >= 0.6 is 0 Å². The molecule has 0 aliphatic carbocycles. The smallest absolute Gasteiger partial charge is 0.299 e. The molecule has 0 rings (SSSR count). The third-order valence-corrected chi connectivity index (χ3v) is 0.532. The molecular weight excluding hydrogens is 108 g/mol. The summed E-state index contributed by atoms with van der Waals surface area (Å²) in [5, 5.41) is 7.72. The van der Waals surface area contributed by atoms with E-state index in [0.29, 0.717) is 6.42 Å². The minimum Gasteiger partial charge on any atom is -0.299 e. The first-order valence-corrected chi connectivity index (χ1v) is 2.15. The maximum Gasteiger partial charge on any atom is 0.314 e. The van der Waals surface area contributed by atoms with Crippen molar-refractivity contribution in [2.45, 2.75) is 13.3 Å². The molecule has 0 aliphatic rings. The first kappa shape index (κ1) is 6.76. The number of nitrogens with zero attached hydrogens (tertiary/aromatic N) is 1. The standard InChI is InChI=1S/C4H6N2O2/c1-2-4(7)6-8-3-5/h2H2,1H3,(H,6,7). The molecule has 8 heavy (non-hydrogen) atoms.